The summed E-state index contributed by atoms with van der Waals surface area (Å²) in [5, 5.41) is 3.13. The number of hydrogen-bond donors (Lipinski definition) is 1. The first-order valence-corrected chi connectivity index (χ1v) is 11.2. The molecule has 0 bridgehead atoms. The topological polar surface area (TPSA) is 143 Å². The van der Waals surface area contributed by atoms with Crippen molar-refractivity contribution in [1.29, 1.82) is 0 Å². The molecule has 0 saturated carbocycles. The number of benzene rings is 1. The molecule has 1 aromatic carbocycles. The maximum atomic E-state index is 13.6. The number of ketones is 1. The second-order valence-electron chi connectivity index (χ2n) is 7.59. The van der Waals surface area contributed by atoms with Crippen LogP contribution in [0.4, 0.5) is 10.5 Å². The fourth-order valence-corrected chi connectivity index (χ4v) is 3.55. The Bertz CT molecular complexity index is 1360. The van der Waals surface area contributed by atoms with Crippen molar-refractivity contribution in [3.8, 4) is 0 Å². The molecule has 1 N–H and O–H groups in total. The summed E-state index contributed by atoms with van der Waals surface area (Å²) in [6.07, 6.45) is -0.864. The van der Waals surface area contributed by atoms with Crippen LogP contribution in [0.25, 0.3) is 10.9 Å². The predicted molar refractivity (Wildman–Crippen MR) is 127 cm³/mol. The van der Waals surface area contributed by atoms with Crippen molar-refractivity contribution in [3.05, 3.63) is 52.6 Å². The van der Waals surface area contributed by atoms with Crippen molar-refractivity contribution >= 4 is 57.9 Å². The molecule has 190 valence electrons. The minimum absolute atomic E-state index is 0.00513. The molecule has 36 heavy (non-hydrogen) atoms. The molecule has 11 nitrogen and oxygen atoms in total. The lowest BCUT2D eigenvalue weighted by Crippen LogP contribution is -2.30. The summed E-state index contributed by atoms with van der Waals surface area (Å²) < 4.78 is 21.3. The first-order chi connectivity index (χ1) is 17.0. The van der Waals surface area contributed by atoms with Crippen LogP contribution in [0.2, 0.25) is 5.02 Å². The Morgan fingerprint density at radius 2 is 1.81 bits per heavy atom. The number of aromatic nitrogens is 1. The molecule has 0 unspecified atom stereocenters. The zero-order chi connectivity index (χ0) is 26.6. The summed E-state index contributed by atoms with van der Waals surface area (Å²) in [5.41, 5.74) is 0.264. The van der Waals surface area contributed by atoms with Crippen LogP contribution < -0.4 is 5.32 Å². The third-order valence-electron chi connectivity index (χ3n) is 4.88. The van der Waals surface area contributed by atoms with Crippen LogP contribution in [-0.2, 0) is 35.2 Å². The average molecular weight is 519 g/mol. The van der Waals surface area contributed by atoms with Crippen LogP contribution in [0.15, 0.2) is 34.9 Å². The van der Waals surface area contributed by atoms with Gasteiger partial charge >= 0.3 is 18.0 Å². The fourth-order valence-electron chi connectivity index (χ4n) is 3.38. The number of ether oxygens (including phenoxy) is 3. The van der Waals surface area contributed by atoms with Crippen molar-refractivity contribution < 1.29 is 42.6 Å². The monoisotopic (exact) mass is 518 g/mol. The molecule has 2 heterocycles. The van der Waals surface area contributed by atoms with E-state index in [4.69, 9.17) is 30.2 Å². The Hall–Kier alpha value is -4.12. The number of anilines is 1. The molecule has 0 radical (unpaired) electrons. The molecule has 0 fully saturated rings. The van der Waals surface area contributed by atoms with E-state index >= 15 is 0 Å². The number of carbonyl (C=O) groups excluding carboxylic acids is 5. The van der Waals surface area contributed by atoms with Crippen LogP contribution in [0, 0.1) is 0 Å². The Morgan fingerprint density at radius 3 is 2.44 bits per heavy atom. The van der Waals surface area contributed by atoms with Crippen molar-refractivity contribution in [2.24, 2.45) is 0 Å². The highest BCUT2D eigenvalue weighted by molar-refractivity contribution is 6.32. The number of furan rings is 1. The summed E-state index contributed by atoms with van der Waals surface area (Å²) in [6.45, 7) is 5.21. The minimum atomic E-state index is -1.20. The Morgan fingerprint density at radius 1 is 1.08 bits per heavy atom. The van der Waals surface area contributed by atoms with Gasteiger partial charge < -0.3 is 23.9 Å². The normalized spacial score (nSPS) is 11.6. The maximum Gasteiger partial charge on any atom is 0.419 e. The molecule has 1 amide bonds. The molecular formula is C24H23ClN2O9. The lowest BCUT2D eigenvalue weighted by atomic mass is 10.1. The summed E-state index contributed by atoms with van der Waals surface area (Å²) >= 11 is 6.15. The lowest BCUT2D eigenvalue weighted by Gasteiger charge is -2.13. The zero-order valence-corrected chi connectivity index (χ0v) is 20.6. The highest BCUT2D eigenvalue weighted by Gasteiger charge is 2.31. The van der Waals surface area contributed by atoms with Crippen LogP contribution in [0.1, 0.15) is 49.5 Å². The molecule has 0 aliphatic carbocycles. The number of nitrogens with one attached hydrogen (secondary N) is 1. The van der Waals surface area contributed by atoms with Crippen LogP contribution >= 0.6 is 11.6 Å². The fraction of sp³-hybridized carbons (Fsp3) is 0.292. The van der Waals surface area contributed by atoms with Gasteiger partial charge in [-0.05, 0) is 38.1 Å². The molecular weight excluding hydrogens is 496 g/mol. The number of hydrogen-bond acceptors (Lipinski definition) is 9. The van der Waals surface area contributed by atoms with E-state index in [1.165, 1.54) is 44.4 Å². The van der Waals surface area contributed by atoms with E-state index < -0.39 is 35.8 Å². The highest BCUT2D eigenvalue weighted by Crippen LogP contribution is 2.35. The molecule has 0 saturated heterocycles. The van der Waals surface area contributed by atoms with Crippen LogP contribution in [0.5, 0.6) is 0 Å². The molecule has 12 heteroatoms. The van der Waals surface area contributed by atoms with Crippen molar-refractivity contribution in [1.82, 2.24) is 4.57 Å². The van der Waals surface area contributed by atoms with Crippen LogP contribution in [-0.4, -0.2) is 47.0 Å². The first-order valence-electron chi connectivity index (χ1n) is 10.8. The van der Waals surface area contributed by atoms with Gasteiger partial charge in [0.2, 0.25) is 5.78 Å². The van der Waals surface area contributed by atoms with Gasteiger partial charge in [-0.15, -0.1) is 0 Å². The molecule has 2 aromatic heterocycles. The van der Waals surface area contributed by atoms with Gasteiger partial charge in [0, 0.05) is 29.8 Å². The third kappa shape index (κ3) is 5.74. The van der Waals surface area contributed by atoms with Gasteiger partial charge in [0.05, 0.1) is 24.1 Å². The number of halogens is 1. The number of fused-ring (bicyclic) bond motifs is 1. The van der Waals surface area contributed by atoms with Gasteiger partial charge in [0.1, 0.15) is 12.3 Å². The van der Waals surface area contributed by atoms with Gasteiger partial charge in [-0.25, -0.2) is 9.36 Å². The highest BCUT2D eigenvalue weighted by atomic mass is 35.5. The second-order valence-corrected chi connectivity index (χ2v) is 8.03. The largest absolute Gasteiger partial charge is 0.461 e. The zero-order valence-electron chi connectivity index (χ0n) is 19.9. The van der Waals surface area contributed by atoms with Crippen molar-refractivity contribution in [2.45, 2.75) is 40.4 Å². The van der Waals surface area contributed by atoms with Crippen molar-refractivity contribution in [2.75, 3.05) is 11.9 Å². The molecule has 0 aliphatic rings. The molecule has 1 atom stereocenters. The maximum absolute atomic E-state index is 13.6. The lowest BCUT2D eigenvalue weighted by molar-refractivity contribution is -0.150. The molecule has 3 rings (SSSR count). The second kappa shape index (κ2) is 11.1. The summed E-state index contributed by atoms with van der Waals surface area (Å²) in [6, 6.07) is 5.82. The van der Waals surface area contributed by atoms with E-state index in [9.17, 15) is 24.0 Å². The van der Waals surface area contributed by atoms with E-state index in [1.807, 2.05) is 0 Å². The van der Waals surface area contributed by atoms with E-state index in [0.29, 0.717) is 10.9 Å². The van der Waals surface area contributed by atoms with Crippen molar-refractivity contribution in [3.63, 3.8) is 0 Å². The quantitative estimate of drug-likeness (QED) is 0.265. The predicted octanol–water partition coefficient (Wildman–Crippen LogP) is 4.08. The number of nitrogens with zero attached hydrogens (tertiary/aromatic N) is 1. The Balaban J connectivity index is 2.18. The van der Waals surface area contributed by atoms with E-state index in [2.05, 4.69) is 5.32 Å². The number of rotatable bonds is 8. The smallest absolute Gasteiger partial charge is 0.419 e. The summed E-state index contributed by atoms with van der Waals surface area (Å²) in [4.78, 5) is 61.8. The first kappa shape index (κ1) is 26.5. The number of carbonyl (C=O) groups is 5. The third-order valence-corrected chi connectivity index (χ3v) is 5.11. The number of amides is 1. The van der Waals surface area contributed by atoms with Crippen LogP contribution in [0.3, 0.4) is 0 Å². The van der Waals surface area contributed by atoms with Gasteiger partial charge in [-0.2, -0.15) is 0 Å². The van der Waals surface area contributed by atoms with Gasteiger partial charge in [-0.3, -0.25) is 19.2 Å². The Labute approximate surface area is 210 Å². The van der Waals surface area contributed by atoms with E-state index in [0.717, 1.165) is 11.5 Å². The summed E-state index contributed by atoms with van der Waals surface area (Å²) in [7, 11) is 0. The molecule has 0 aliphatic heterocycles. The molecule has 3 aromatic rings. The van der Waals surface area contributed by atoms with E-state index in [1.54, 1.807) is 6.92 Å². The van der Waals surface area contributed by atoms with Gasteiger partial charge in [0.15, 0.2) is 11.9 Å². The van der Waals surface area contributed by atoms with E-state index in [-0.39, 0.29) is 40.9 Å². The average Bonchev–Trinajstić information content (AvgIpc) is 3.39. The standard InChI is InChI=1S/C24H23ClN2O9/c1-5-33-24(32)27-18-9-16(25)6-7-17(18)20(26-23(31)12(2)36-14(4)29)21(27)22(30)19-8-15(11-35-19)10-34-13(3)28/h6-9,11-12H,5,10H2,1-4H3,(H,26,31)/t12-/m0/s1. The Kier molecular flexibility index (Phi) is 8.15. The van der Waals surface area contributed by atoms with Gasteiger partial charge in [-0.1, -0.05) is 11.6 Å². The van der Waals surface area contributed by atoms with Gasteiger partial charge in [0.25, 0.3) is 5.91 Å². The summed E-state index contributed by atoms with van der Waals surface area (Å²) in [5.74, 6) is -2.91. The minimum Gasteiger partial charge on any atom is -0.461 e. The molecule has 0 spiro atoms. The SMILES string of the molecule is CCOC(=O)n1c(C(=O)c2cc(COC(C)=O)co2)c(NC(=O)[C@H](C)OC(C)=O)c2ccc(Cl)cc21. The number of esters is 2.